The Hall–Kier alpha value is -1.24. The SMILES string of the molecule is CC(C)(C)CCOCc1nc(NN)c2ccsc2n1. The van der Waals surface area contributed by atoms with Gasteiger partial charge in [-0.1, -0.05) is 20.8 Å². The Morgan fingerprint density at radius 3 is 2.84 bits per heavy atom. The van der Waals surface area contributed by atoms with E-state index < -0.39 is 0 Å². The molecule has 0 bridgehead atoms. The molecule has 0 atom stereocenters. The van der Waals surface area contributed by atoms with Crippen molar-refractivity contribution in [1.29, 1.82) is 0 Å². The first kappa shape index (κ1) is 14.2. The summed E-state index contributed by atoms with van der Waals surface area (Å²) in [6.45, 7) is 7.71. The highest BCUT2D eigenvalue weighted by Crippen LogP contribution is 2.24. The zero-order valence-corrected chi connectivity index (χ0v) is 12.4. The topological polar surface area (TPSA) is 73.1 Å². The number of hydrazine groups is 1. The van der Waals surface area contributed by atoms with Gasteiger partial charge in [-0.25, -0.2) is 15.8 Å². The van der Waals surface area contributed by atoms with E-state index in [0.717, 1.165) is 16.6 Å². The Labute approximate surface area is 117 Å². The molecule has 2 aromatic rings. The lowest BCUT2D eigenvalue weighted by Crippen LogP contribution is -2.12. The van der Waals surface area contributed by atoms with E-state index in [1.165, 1.54) is 0 Å². The van der Waals surface area contributed by atoms with E-state index in [1.807, 2.05) is 11.4 Å². The molecule has 2 rings (SSSR count). The van der Waals surface area contributed by atoms with Gasteiger partial charge in [0, 0.05) is 6.61 Å². The third-order valence-corrected chi connectivity index (χ3v) is 3.54. The first-order valence-electron chi connectivity index (χ1n) is 6.28. The molecule has 104 valence electrons. The van der Waals surface area contributed by atoms with Crippen LogP contribution in [0, 0.1) is 5.41 Å². The van der Waals surface area contributed by atoms with Crippen molar-refractivity contribution in [3.05, 3.63) is 17.3 Å². The van der Waals surface area contributed by atoms with Crippen LogP contribution >= 0.6 is 11.3 Å². The van der Waals surface area contributed by atoms with E-state index in [1.54, 1.807) is 11.3 Å². The van der Waals surface area contributed by atoms with E-state index >= 15 is 0 Å². The summed E-state index contributed by atoms with van der Waals surface area (Å²) in [5.74, 6) is 6.80. The number of anilines is 1. The Morgan fingerprint density at radius 2 is 2.16 bits per heavy atom. The van der Waals surface area contributed by atoms with Gasteiger partial charge in [0.15, 0.2) is 11.6 Å². The maximum Gasteiger partial charge on any atom is 0.158 e. The Bertz CT molecular complexity index is 547. The summed E-state index contributed by atoms with van der Waals surface area (Å²) in [7, 11) is 0. The molecule has 0 aliphatic rings. The molecular weight excluding hydrogens is 260 g/mol. The second kappa shape index (κ2) is 5.81. The fraction of sp³-hybridized carbons (Fsp3) is 0.538. The largest absolute Gasteiger partial charge is 0.373 e. The molecule has 2 heterocycles. The number of fused-ring (bicyclic) bond motifs is 1. The van der Waals surface area contributed by atoms with Crippen molar-refractivity contribution < 1.29 is 4.74 Å². The third-order valence-electron chi connectivity index (χ3n) is 2.74. The van der Waals surface area contributed by atoms with Gasteiger partial charge < -0.3 is 10.2 Å². The highest BCUT2D eigenvalue weighted by atomic mass is 32.1. The summed E-state index contributed by atoms with van der Waals surface area (Å²) >= 11 is 1.57. The van der Waals surface area contributed by atoms with E-state index in [9.17, 15) is 0 Å². The smallest absolute Gasteiger partial charge is 0.158 e. The van der Waals surface area contributed by atoms with Crippen LogP contribution in [0.15, 0.2) is 11.4 Å². The molecule has 19 heavy (non-hydrogen) atoms. The van der Waals surface area contributed by atoms with Crippen molar-refractivity contribution in [3.63, 3.8) is 0 Å². The Kier molecular flexibility index (Phi) is 4.34. The summed E-state index contributed by atoms with van der Waals surface area (Å²) in [5.41, 5.74) is 2.89. The summed E-state index contributed by atoms with van der Waals surface area (Å²) < 4.78 is 5.63. The van der Waals surface area contributed by atoms with Gasteiger partial charge >= 0.3 is 0 Å². The number of thiophene rings is 1. The van der Waals surface area contributed by atoms with Crippen LogP contribution in [-0.4, -0.2) is 16.6 Å². The zero-order chi connectivity index (χ0) is 13.9. The Balaban J connectivity index is 2.01. The van der Waals surface area contributed by atoms with E-state index in [0.29, 0.717) is 24.9 Å². The van der Waals surface area contributed by atoms with Crippen molar-refractivity contribution in [3.8, 4) is 0 Å². The van der Waals surface area contributed by atoms with Crippen LogP contribution in [0.4, 0.5) is 5.82 Å². The molecule has 2 aromatic heterocycles. The van der Waals surface area contributed by atoms with Gasteiger partial charge in [-0.2, -0.15) is 0 Å². The molecule has 0 aliphatic heterocycles. The predicted molar refractivity (Wildman–Crippen MR) is 79.0 cm³/mol. The van der Waals surface area contributed by atoms with Crippen LogP contribution in [-0.2, 0) is 11.3 Å². The van der Waals surface area contributed by atoms with Crippen LogP contribution in [0.3, 0.4) is 0 Å². The Morgan fingerprint density at radius 1 is 1.37 bits per heavy atom. The number of nitrogens with two attached hydrogens (primary N) is 1. The van der Waals surface area contributed by atoms with Gasteiger partial charge in [-0.05, 0) is 23.3 Å². The second-order valence-corrected chi connectivity index (χ2v) is 6.53. The van der Waals surface area contributed by atoms with Crippen molar-refractivity contribution >= 4 is 27.4 Å². The van der Waals surface area contributed by atoms with Crippen LogP contribution < -0.4 is 11.3 Å². The average molecular weight is 280 g/mol. The summed E-state index contributed by atoms with van der Waals surface area (Å²) in [6, 6.07) is 1.96. The van der Waals surface area contributed by atoms with Crippen LogP contribution in [0.5, 0.6) is 0 Å². The molecule has 0 saturated heterocycles. The molecule has 0 unspecified atom stereocenters. The number of nitrogens with one attached hydrogen (secondary N) is 1. The maximum atomic E-state index is 5.63. The minimum Gasteiger partial charge on any atom is -0.373 e. The van der Waals surface area contributed by atoms with Crippen molar-refractivity contribution in [2.75, 3.05) is 12.0 Å². The number of hydrogen-bond donors (Lipinski definition) is 2. The molecule has 0 aromatic carbocycles. The molecule has 3 N–H and O–H groups in total. The quantitative estimate of drug-likeness (QED) is 0.500. The standard InChI is InChI=1S/C13H20N4OS/c1-13(2,3)5-6-18-8-10-15-11(17-14)9-4-7-19-12(9)16-10/h4,7H,5-6,8,14H2,1-3H3,(H,15,16,17). The van der Waals surface area contributed by atoms with Crippen LogP contribution in [0.1, 0.15) is 33.0 Å². The number of ether oxygens (including phenoxy) is 1. The number of hydrogen-bond acceptors (Lipinski definition) is 6. The molecule has 6 heteroatoms. The van der Waals surface area contributed by atoms with E-state index in [2.05, 4.69) is 36.2 Å². The first-order valence-corrected chi connectivity index (χ1v) is 7.16. The van der Waals surface area contributed by atoms with Gasteiger partial charge in [0.05, 0.1) is 5.39 Å². The molecule has 5 nitrogen and oxygen atoms in total. The lowest BCUT2D eigenvalue weighted by atomic mass is 9.93. The normalized spacial score (nSPS) is 12.0. The molecular formula is C13H20N4OS. The van der Waals surface area contributed by atoms with Crippen molar-refractivity contribution in [2.24, 2.45) is 11.3 Å². The third kappa shape index (κ3) is 3.86. The fourth-order valence-corrected chi connectivity index (χ4v) is 2.40. The average Bonchev–Trinajstić information content (AvgIpc) is 2.80. The molecule has 0 amide bonds. The van der Waals surface area contributed by atoms with Crippen molar-refractivity contribution in [1.82, 2.24) is 9.97 Å². The van der Waals surface area contributed by atoms with Gasteiger partial charge in [0.25, 0.3) is 0 Å². The van der Waals surface area contributed by atoms with Crippen LogP contribution in [0.25, 0.3) is 10.2 Å². The highest BCUT2D eigenvalue weighted by molar-refractivity contribution is 7.16. The number of nitrogen functional groups attached to an aromatic ring is 1. The minimum absolute atomic E-state index is 0.280. The van der Waals surface area contributed by atoms with Crippen molar-refractivity contribution in [2.45, 2.75) is 33.8 Å². The summed E-state index contributed by atoms with van der Waals surface area (Å²) in [4.78, 5) is 9.75. The first-order chi connectivity index (χ1) is 8.99. The predicted octanol–water partition coefficient (Wildman–Crippen LogP) is 2.93. The molecule has 0 aliphatic carbocycles. The maximum absolute atomic E-state index is 5.63. The fourth-order valence-electron chi connectivity index (χ4n) is 1.62. The molecule has 0 fully saturated rings. The minimum atomic E-state index is 0.280. The number of nitrogens with zero attached hydrogens (tertiary/aromatic N) is 2. The van der Waals surface area contributed by atoms with E-state index in [-0.39, 0.29) is 5.41 Å². The lowest BCUT2D eigenvalue weighted by Gasteiger charge is -2.17. The number of aromatic nitrogens is 2. The van der Waals surface area contributed by atoms with Gasteiger partial charge in [-0.3, -0.25) is 0 Å². The second-order valence-electron chi connectivity index (χ2n) is 5.64. The summed E-state index contributed by atoms with van der Waals surface area (Å²) in [5, 5.41) is 2.93. The molecule has 0 radical (unpaired) electrons. The monoisotopic (exact) mass is 280 g/mol. The summed E-state index contributed by atoms with van der Waals surface area (Å²) in [6.07, 6.45) is 1.01. The number of rotatable bonds is 5. The lowest BCUT2D eigenvalue weighted by molar-refractivity contribution is 0.0920. The van der Waals surface area contributed by atoms with Crippen LogP contribution in [0.2, 0.25) is 0 Å². The highest BCUT2D eigenvalue weighted by Gasteiger charge is 2.11. The van der Waals surface area contributed by atoms with Gasteiger partial charge in [-0.15, -0.1) is 11.3 Å². The van der Waals surface area contributed by atoms with Gasteiger partial charge in [0.1, 0.15) is 11.4 Å². The molecule has 0 saturated carbocycles. The van der Waals surface area contributed by atoms with Gasteiger partial charge in [0.2, 0.25) is 0 Å². The zero-order valence-electron chi connectivity index (χ0n) is 11.6. The van der Waals surface area contributed by atoms with E-state index in [4.69, 9.17) is 10.6 Å². The molecule has 0 spiro atoms.